The smallest absolute Gasteiger partial charge is 0.134 e. The van der Waals surface area contributed by atoms with Crippen LogP contribution in [-0.2, 0) is 6.54 Å². The number of para-hydroxylation sites is 1. The van der Waals surface area contributed by atoms with Crippen LogP contribution in [0.25, 0.3) is 11.0 Å². The van der Waals surface area contributed by atoms with Crippen LogP contribution in [0.3, 0.4) is 0 Å². The molecule has 90 valence electrons. The number of furan rings is 1. The second-order valence-electron chi connectivity index (χ2n) is 4.67. The molecule has 1 aliphatic heterocycles. The fourth-order valence-corrected chi connectivity index (χ4v) is 2.45. The lowest BCUT2D eigenvalue weighted by molar-refractivity contribution is 0.217. The molecule has 2 heterocycles. The molecule has 0 amide bonds. The van der Waals surface area contributed by atoms with E-state index in [0.717, 1.165) is 44.1 Å². The van der Waals surface area contributed by atoms with Crippen molar-refractivity contribution in [1.29, 1.82) is 0 Å². The molecule has 1 aromatic carbocycles. The molecule has 3 nitrogen and oxygen atoms in total. The van der Waals surface area contributed by atoms with E-state index in [1.165, 1.54) is 10.9 Å². The van der Waals surface area contributed by atoms with Crippen LogP contribution in [0, 0.1) is 6.92 Å². The van der Waals surface area contributed by atoms with Crippen molar-refractivity contribution in [1.82, 2.24) is 10.2 Å². The van der Waals surface area contributed by atoms with E-state index in [1.54, 1.807) is 0 Å². The lowest BCUT2D eigenvalue weighted by Crippen LogP contribution is -2.42. The van der Waals surface area contributed by atoms with Crippen LogP contribution < -0.4 is 5.32 Å². The third-order valence-corrected chi connectivity index (χ3v) is 3.52. The molecule has 0 radical (unpaired) electrons. The second-order valence-corrected chi connectivity index (χ2v) is 4.67. The van der Waals surface area contributed by atoms with E-state index in [2.05, 4.69) is 29.3 Å². The van der Waals surface area contributed by atoms with Gasteiger partial charge in [-0.2, -0.15) is 0 Å². The van der Waals surface area contributed by atoms with Crippen molar-refractivity contribution in [3.8, 4) is 0 Å². The number of benzene rings is 1. The fourth-order valence-electron chi connectivity index (χ4n) is 2.45. The largest absolute Gasteiger partial charge is 0.459 e. The van der Waals surface area contributed by atoms with Crippen LogP contribution >= 0.6 is 0 Å². The third kappa shape index (κ3) is 2.08. The summed E-state index contributed by atoms with van der Waals surface area (Å²) in [7, 11) is 0. The first-order valence-electron chi connectivity index (χ1n) is 6.24. The van der Waals surface area contributed by atoms with Gasteiger partial charge in [0, 0.05) is 31.6 Å². The van der Waals surface area contributed by atoms with Crippen molar-refractivity contribution < 1.29 is 4.42 Å². The number of aryl methyl sites for hydroxylation is 1. The molecule has 1 saturated heterocycles. The summed E-state index contributed by atoms with van der Waals surface area (Å²) in [6.07, 6.45) is 0. The molecule has 2 aromatic rings. The van der Waals surface area contributed by atoms with Crippen molar-refractivity contribution in [2.24, 2.45) is 0 Å². The van der Waals surface area contributed by atoms with E-state index in [1.807, 2.05) is 12.1 Å². The summed E-state index contributed by atoms with van der Waals surface area (Å²) in [4.78, 5) is 2.45. The lowest BCUT2D eigenvalue weighted by atomic mass is 10.1. The number of hydrogen-bond donors (Lipinski definition) is 1. The molecule has 1 N–H and O–H groups in total. The summed E-state index contributed by atoms with van der Waals surface area (Å²) in [6, 6.07) is 8.28. The van der Waals surface area contributed by atoms with Gasteiger partial charge in [0.15, 0.2) is 0 Å². The highest BCUT2D eigenvalue weighted by molar-refractivity contribution is 5.81. The van der Waals surface area contributed by atoms with Crippen molar-refractivity contribution >= 4 is 11.0 Å². The summed E-state index contributed by atoms with van der Waals surface area (Å²) in [5.74, 6) is 1.12. The molecule has 0 saturated carbocycles. The zero-order valence-corrected chi connectivity index (χ0v) is 10.2. The Morgan fingerprint density at radius 3 is 2.76 bits per heavy atom. The van der Waals surface area contributed by atoms with Crippen LogP contribution in [0.2, 0.25) is 0 Å². The van der Waals surface area contributed by atoms with Gasteiger partial charge in [0.05, 0.1) is 6.54 Å². The topological polar surface area (TPSA) is 28.4 Å². The van der Waals surface area contributed by atoms with Crippen molar-refractivity contribution in [3.63, 3.8) is 0 Å². The molecule has 17 heavy (non-hydrogen) atoms. The molecule has 1 fully saturated rings. The highest BCUT2D eigenvalue weighted by atomic mass is 16.3. The van der Waals surface area contributed by atoms with Crippen LogP contribution in [0.5, 0.6) is 0 Å². The molecule has 0 atom stereocenters. The maximum atomic E-state index is 5.94. The molecule has 0 bridgehead atoms. The summed E-state index contributed by atoms with van der Waals surface area (Å²) >= 11 is 0. The molecule has 0 unspecified atom stereocenters. The van der Waals surface area contributed by atoms with E-state index in [0.29, 0.717) is 0 Å². The zero-order chi connectivity index (χ0) is 11.7. The average molecular weight is 230 g/mol. The number of fused-ring (bicyclic) bond motifs is 1. The third-order valence-electron chi connectivity index (χ3n) is 3.52. The molecule has 1 aromatic heterocycles. The minimum Gasteiger partial charge on any atom is -0.459 e. The Kier molecular flexibility index (Phi) is 2.87. The molecule has 0 aliphatic carbocycles. The van der Waals surface area contributed by atoms with E-state index in [9.17, 15) is 0 Å². The number of hydrogen-bond acceptors (Lipinski definition) is 3. The minimum absolute atomic E-state index is 0.933. The Balaban J connectivity index is 1.87. The van der Waals surface area contributed by atoms with Gasteiger partial charge in [-0.1, -0.05) is 18.2 Å². The average Bonchev–Trinajstić information content (AvgIpc) is 2.68. The molecule has 0 spiro atoms. The van der Waals surface area contributed by atoms with Crippen LogP contribution in [0.4, 0.5) is 0 Å². The number of nitrogens with zero attached hydrogens (tertiary/aromatic N) is 1. The number of rotatable bonds is 2. The Morgan fingerprint density at radius 1 is 1.24 bits per heavy atom. The summed E-state index contributed by atoms with van der Waals surface area (Å²) in [5, 5.41) is 4.62. The van der Waals surface area contributed by atoms with E-state index >= 15 is 0 Å². The van der Waals surface area contributed by atoms with E-state index < -0.39 is 0 Å². The SMILES string of the molecule is Cc1c(CN2CCNCC2)oc2ccccc12. The van der Waals surface area contributed by atoms with Gasteiger partial charge in [0.25, 0.3) is 0 Å². The van der Waals surface area contributed by atoms with Gasteiger partial charge >= 0.3 is 0 Å². The monoisotopic (exact) mass is 230 g/mol. The van der Waals surface area contributed by atoms with Crippen LogP contribution in [0.15, 0.2) is 28.7 Å². The van der Waals surface area contributed by atoms with Gasteiger partial charge in [-0.05, 0) is 18.6 Å². The Morgan fingerprint density at radius 2 is 2.00 bits per heavy atom. The molecular formula is C14H18N2O. The number of piperazine rings is 1. The number of nitrogens with one attached hydrogen (secondary N) is 1. The maximum Gasteiger partial charge on any atom is 0.134 e. The Hall–Kier alpha value is -1.32. The summed E-state index contributed by atoms with van der Waals surface area (Å²) in [6.45, 7) is 7.47. The van der Waals surface area contributed by atoms with Crippen LogP contribution in [-0.4, -0.2) is 31.1 Å². The lowest BCUT2D eigenvalue weighted by Gasteiger charge is -2.26. The highest BCUT2D eigenvalue weighted by Gasteiger charge is 2.15. The zero-order valence-electron chi connectivity index (χ0n) is 10.2. The quantitative estimate of drug-likeness (QED) is 0.857. The fraction of sp³-hybridized carbons (Fsp3) is 0.429. The summed E-state index contributed by atoms with van der Waals surface area (Å²) < 4.78 is 5.94. The standard InChI is InChI=1S/C14H18N2O/c1-11-12-4-2-3-5-13(12)17-14(11)10-16-8-6-15-7-9-16/h2-5,15H,6-10H2,1H3. The summed E-state index contributed by atoms with van der Waals surface area (Å²) in [5.41, 5.74) is 2.30. The van der Waals surface area contributed by atoms with E-state index in [-0.39, 0.29) is 0 Å². The van der Waals surface area contributed by atoms with Gasteiger partial charge in [0.1, 0.15) is 11.3 Å². The van der Waals surface area contributed by atoms with Crippen LogP contribution in [0.1, 0.15) is 11.3 Å². The predicted octanol–water partition coefficient (Wildman–Crippen LogP) is 2.15. The minimum atomic E-state index is 0.933. The highest BCUT2D eigenvalue weighted by Crippen LogP contribution is 2.25. The molecule has 1 aliphatic rings. The first kappa shape index (κ1) is 10.8. The van der Waals surface area contributed by atoms with Gasteiger partial charge in [-0.3, -0.25) is 4.90 Å². The normalized spacial score (nSPS) is 17.7. The van der Waals surface area contributed by atoms with Crippen molar-refractivity contribution in [3.05, 3.63) is 35.6 Å². The second kappa shape index (κ2) is 4.51. The molecule has 3 rings (SSSR count). The predicted molar refractivity (Wildman–Crippen MR) is 69.1 cm³/mol. The first-order valence-corrected chi connectivity index (χ1v) is 6.24. The van der Waals surface area contributed by atoms with Gasteiger partial charge in [-0.25, -0.2) is 0 Å². The maximum absolute atomic E-state index is 5.94. The molecular weight excluding hydrogens is 212 g/mol. The van der Waals surface area contributed by atoms with Gasteiger partial charge in [-0.15, -0.1) is 0 Å². The van der Waals surface area contributed by atoms with E-state index in [4.69, 9.17) is 4.42 Å². The van der Waals surface area contributed by atoms with Gasteiger partial charge in [0.2, 0.25) is 0 Å². The Labute approximate surface area is 101 Å². The first-order chi connectivity index (χ1) is 8.34. The Bertz CT molecular complexity index is 512. The van der Waals surface area contributed by atoms with Gasteiger partial charge < -0.3 is 9.73 Å². The molecule has 3 heteroatoms. The van der Waals surface area contributed by atoms with Crippen molar-refractivity contribution in [2.45, 2.75) is 13.5 Å². The van der Waals surface area contributed by atoms with Crippen molar-refractivity contribution in [2.75, 3.05) is 26.2 Å².